The van der Waals surface area contributed by atoms with Gasteiger partial charge in [0.1, 0.15) is 6.10 Å². The third-order valence-electron chi connectivity index (χ3n) is 2.11. The minimum Gasteiger partial charge on any atom is -0.381 e. The van der Waals surface area contributed by atoms with E-state index in [1.165, 1.54) is 17.5 Å². The van der Waals surface area contributed by atoms with Crippen LogP contribution in [0.3, 0.4) is 0 Å². The number of nitrogens with zero attached hydrogens (tertiary/aromatic N) is 3. The van der Waals surface area contributed by atoms with Gasteiger partial charge in [0.15, 0.2) is 0 Å². The van der Waals surface area contributed by atoms with Gasteiger partial charge in [-0.25, -0.2) is 4.98 Å². The van der Waals surface area contributed by atoms with Crippen molar-refractivity contribution in [3.05, 3.63) is 33.0 Å². The smallest absolute Gasteiger partial charge is 0.133 e. The summed E-state index contributed by atoms with van der Waals surface area (Å²) in [6, 6.07) is 0. The summed E-state index contributed by atoms with van der Waals surface area (Å²) in [5.74, 6) is 0. The lowest BCUT2D eigenvalue weighted by Gasteiger charge is -2.08. The Morgan fingerprint density at radius 2 is 2.27 bits per heavy atom. The lowest BCUT2D eigenvalue weighted by atomic mass is 10.2. The molecule has 0 radical (unpaired) electrons. The molecule has 0 aliphatic carbocycles. The lowest BCUT2D eigenvalue weighted by molar-refractivity contribution is 0.213. The average Bonchev–Trinajstić information content (AvgIpc) is 2.73. The van der Waals surface area contributed by atoms with Crippen LogP contribution in [-0.2, 0) is 7.05 Å². The maximum atomic E-state index is 10.1. The van der Waals surface area contributed by atoms with E-state index in [1.54, 1.807) is 17.9 Å². The first kappa shape index (κ1) is 10.6. The first-order valence-electron chi connectivity index (χ1n) is 4.37. The van der Waals surface area contributed by atoms with Crippen LogP contribution < -0.4 is 0 Å². The fourth-order valence-electron chi connectivity index (χ4n) is 1.37. The third kappa shape index (κ3) is 1.90. The highest BCUT2D eigenvalue weighted by atomic mass is 35.5. The van der Waals surface area contributed by atoms with Crippen molar-refractivity contribution in [3.8, 4) is 0 Å². The van der Waals surface area contributed by atoms with Crippen molar-refractivity contribution in [1.82, 2.24) is 14.8 Å². The molecule has 2 aromatic heterocycles. The van der Waals surface area contributed by atoms with Crippen molar-refractivity contribution in [2.45, 2.75) is 13.0 Å². The quantitative estimate of drug-likeness (QED) is 0.877. The Kier molecular flexibility index (Phi) is 2.77. The Labute approximate surface area is 96.1 Å². The van der Waals surface area contributed by atoms with E-state index in [0.29, 0.717) is 10.7 Å². The lowest BCUT2D eigenvalue weighted by Crippen LogP contribution is -2.05. The average molecular weight is 244 g/mol. The molecule has 1 N–H and O–H groups in total. The van der Waals surface area contributed by atoms with Gasteiger partial charge in [-0.3, -0.25) is 4.68 Å². The zero-order valence-electron chi connectivity index (χ0n) is 8.31. The van der Waals surface area contributed by atoms with E-state index in [4.69, 9.17) is 11.6 Å². The molecule has 0 fully saturated rings. The highest BCUT2D eigenvalue weighted by molar-refractivity contribution is 7.11. The summed E-state index contributed by atoms with van der Waals surface area (Å²) < 4.78 is 1.57. The Bertz CT molecular complexity index is 460. The summed E-state index contributed by atoms with van der Waals surface area (Å²) in [7, 11) is 1.75. The third-order valence-corrected chi connectivity index (χ3v) is 3.36. The highest BCUT2D eigenvalue weighted by Crippen LogP contribution is 2.30. The molecule has 0 saturated heterocycles. The molecule has 2 heterocycles. The van der Waals surface area contributed by atoms with Gasteiger partial charge >= 0.3 is 0 Å². The van der Waals surface area contributed by atoms with E-state index in [2.05, 4.69) is 10.1 Å². The van der Waals surface area contributed by atoms with Crippen molar-refractivity contribution < 1.29 is 5.11 Å². The first-order chi connectivity index (χ1) is 7.09. The van der Waals surface area contributed by atoms with Crippen LogP contribution in [0.4, 0.5) is 0 Å². The molecule has 4 nitrogen and oxygen atoms in total. The number of thiazole rings is 1. The van der Waals surface area contributed by atoms with Crippen molar-refractivity contribution in [2.75, 3.05) is 0 Å². The second kappa shape index (κ2) is 3.92. The number of hydrogen-bond acceptors (Lipinski definition) is 4. The number of aliphatic hydroxyl groups is 1. The molecule has 0 aliphatic rings. The number of halogens is 1. The number of hydrogen-bond donors (Lipinski definition) is 1. The standard InChI is InChI=1S/C9H10ClN3OS/c1-5-11-4-7(15-5)9(14)8-6(10)3-12-13(8)2/h3-4,9,14H,1-2H3. The van der Waals surface area contributed by atoms with Gasteiger partial charge in [0.05, 0.1) is 26.8 Å². The predicted octanol–water partition coefficient (Wildman–Crippen LogP) is 1.92. The number of aromatic nitrogens is 3. The summed E-state index contributed by atoms with van der Waals surface area (Å²) in [4.78, 5) is 4.87. The van der Waals surface area contributed by atoms with E-state index in [-0.39, 0.29) is 0 Å². The topological polar surface area (TPSA) is 50.9 Å². The van der Waals surface area contributed by atoms with Crippen LogP contribution >= 0.6 is 22.9 Å². The highest BCUT2D eigenvalue weighted by Gasteiger charge is 2.20. The summed E-state index contributed by atoms with van der Waals surface area (Å²) >= 11 is 7.39. The van der Waals surface area contributed by atoms with Crippen LogP contribution in [0.2, 0.25) is 5.02 Å². The van der Waals surface area contributed by atoms with E-state index in [9.17, 15) is 5.11 Å². The minimum atomic E-state index is -0.754. The molecule has 0 spiro atoms. The van der Waals surface area contributed by atoms with Crippen LogP contribution in [0.1, 0.15) is 21.7 Å². The molecule has 0 saturated carbocycles. The summed E-state index contributed by atoms with van der Waals surface area (Å²) in [5, 5.41) is 15.4. The van der Waals surface area contributed by atoms with Gasteiger partial charge in [-0.1, -0.05) is 11.6 Å². The van der Waals surface area contributed by atoms with Gasteiger partial charge in [-0.15, -0.1) is 11.3 Å². The van der Waals surface area contributed by atoms with Crippen LogP contribution in [0.25, 0.3) is 0 Å². The van der Waals surface area contributed by atoms with Crippen LogP contribution in [0, 0.1) is 6.92 Å². The van der Waals surface area contributed by atoms with Crippen LogP contribution in [-0.4, -0.2) is 19.9 Å². The molecule has 2 rings (SSSR count). The fraction of sp³-hybridized carbons (Fsp3) is 0.333. The van der Waals surface area contributed by atoms with Crippen LogP contribution in [0.5, 0.6) is 0 Å². The van der Waals surface area contributed by atoms with Gasteiger partial charge < -0.3 is 5.11 Å². The molecule has 0 bridgehead atoms. The maximum absolute atomic E-state index is 10.1. The number of aliphatic hydroxyl groups excluding tert-OH is 1. The van der Waals surface area contributed by atoms with Gasteiger partial charge in [0.25, 0.3) is 0 Å². The van der Waals surface area contributed by atoms with E-state index in [1.807, 2.05) is 6.92 Å². The normalized spacial score (nSPS) is 13.1. The SMILES string of the molecule is Cc1ncc(C(O)c2c(Cl)cnn2C)s1. The van der Waals surface area contributed by atoms with E-state index in [0.717, 1.165) is 9.88 Å². The van der Waals surface area contributed by atoms with Crippen molar-refractivity contribution in [1.29, 1.82) is 0 Å². The molecule has 15 heavy (non-hydrogen) atoms. The molecular weight excluding hydrogens is 234 g/mol. The predicted molar refractivity (Wildman–Crippen MR) is 59.1 cm³/mol. The van der Waals surface area contributed by atoms with Crippen molar-refractivity contribution in [3.63, 3.8) is 0 Å². The largest absolute Gasteiger partial charge is 0.381 e. The van der Waals surface area contributed by atoms with Gasteiger partial charge in [-0.05, 0) is 6.92 Å². The second-order valence-corrected chi connectivity index (χ2v) is 4.86. The Morgan fingerprint density at radius 1 is 1.53 bits per heavy atom. The number of rotatable bonds is 2. The molecule has 0 aromatic carbocycles. The zero-order valence-corrected chi connectivity index (χ0v) is 9.88. The summed E-state index contributed by atoms with van der Waals surface area (Å²) in [6.45, 7) is 1.89. The first-order valence-corrected chi connectivity index (χ1v) is 5.57. The van der Waals surface area contributed by atoms with Gasteiger partial charge in [-0.2, -0.15) is 5.10 Å². The Hall–Kier alpha value is -0.910. The molecule has 1 unspecified atom stereocenters. The maximum Gasteiger partial charge on any atom is 0.133 e. The Balaban J connectivity index is 2.40. The summed E-state index contributed by atoms with van der Waals surface area (Å²) in [6.07, 6.45) is 2.43. The number of aryl methyl sites for hydroxylation is 2. The molecule has 2 aromatic rings. The molecule has 80 valence electrons. The van der Waals surface area contributed by atoms with Crippen molar-refractivity contribution >= 4 is 22.9 Å². The minimum absolute atomic E-state index is 0.469. The Morgan fingerprint density at radius 3 is 2.73 bits per heavy atom. The monoisotopic (exact) mass is 243 g/mol. The zero-order chi connectivity index (χ0) is 11.0. The van der Waals surface area contributed by atoms with Gasteiger partial charge in [0.2, 0.25) is 0 Å². The van der Waals surface area contributed by atoms with E-state index < -0.39 is 6.10 Å². The molecule has 1 atom stereocenters. The molecular formula is C9H10ClN3OS. The molecule has 6 heteroatoms. The van der Waals surface area contributed by atoms with E-state index >= 15 is 0 Å². The van der Waals surface area contributed by atoms with Crippen LogP contribution in [0.15, 0.2) is 12.4 Å². The van der Waals surface area contributed by atoms with Gasteiger partial charge in [0, 0.05) is 13.2 Å². The molecule has 0 aliphatic heterocycles. The summed E-state index contributed by atoms with van der Waals surface area (Å²) in [5.41, 5.74) is 0.598. The molecule has 0 amide bonds. The van der Waals surface area contributed by atoms with Crippen molar-refractivity contribution in [2.24, 2.45) is 7.05 Å². The second-order valence-electron chi connectivity index (χ2n) is 3.19. The fourth-order valence-corrected chi connectivity index (χ4v) is 2.41.